The fourth-order valence-corrected chi connectivity index (χ4v) is 5.05. The predicted molar refractivity (Wildman–Crippen MR) is 153 cm³/mol. The number of fused-ring (bicyclic) bond motifs is 1. The Labute approximate surface area is 219 Å². The summed E-state index contributed by atoms with van der Waals surface area (Å²) in [6.07, 6.45) is 10.9. The Morgan fingerprint density at radius 2 is 1.53 bits per heavy atom. The number of ether oxygens (including phenoxy) is 2. The minimum atomic E-state index is 0.644. The van der Waals surface area contributed by atoms with E-state index in [0.717, 1.165) is 37.3 Å². The molecule has 0 bridgehead atoms. The maximum absolute atomic E-state index is 6.11. The Hall–Kier alpha value is -2.89. The van der Waals surface area contributed by atoms with E-state index in [9.17, 15) is 0 Å². The van der Waals surface area contributed by atoms with E-state index in [1.165, 1.54) is 51.8 Å². The summed E-state index contributed by atoms with van der Waals surface area (Å²) in [6.45, 7) is 2.33. The van der Waals surface area contributed by atoms with Gasteiger partial charge in [-0.15, -0.1) is 11.8 Å². The highest BCUT2D eigenvalue weighted by Gasteiger charge is 2.10. The molecule has 0 saturated heterocycles. The number of hydrogen-bond acceptors (Lipinski definition) is 4. The lowest BCUT2D eigenvalue weighted by atomic mass is 10.1. The number of nitrogens with two attached hydrogens (primary N) is 1. The molecular weight excluding hydrogens is 464 g/mol. The lowest BCUT2D eigenvalue weighted by molar-refractivity contribution is 0.322. The van der Waals surface area contributed by atoms with Gasteiger partial charge >= 0.3 is 0 Å². The van der Waals surface area contributed by atoms with E-state index >= 15 is 0 Å². The van der Waals surface area contributed by atoms with Crippen LogP contribution >= 0.6 is 11.8 Å². The average Bonchev–Trinajstić information content (AvgIpc) is 3.26. The highest BCUT2D eigenvalue weighted by Crippen LogP contribution is 2.27. The van der Waals surface area contributed by atoms with Crippen LogP contribution in [0.4, 0.5) is 0 Å². The second kappa shape index (κ2) is 13.4. The minimum absolute atomic E-state index is 0.644. The molecule has 0 aliphatic carbocycles. The molecule has 3 aromatic carbocycles. The van der Waals surface area contributed by atoms with Gasteiger partial charge in [-0.05, 0) is 97.6 Å². The molecule has 2 N–H and O–H groups in total. The second-order valence-corrected chi connectivity index (χ2v) is 10.1. The van der Waals surface area contributed by atoms with Crippen LogP contribution in [0, 0.1) is 0 Å². The van der Waals surface area contributed by atoms with Gasteiger partial charge in [-0.25, -0.2) is 0 Å². The van der Waals surface area contributed by atoms with Crippen molar-refractivity contribution in [3.63, 3.8) is 0 Å². The zero-order valence-corrected chi connectivity index (χ0v) is 22.4. The number of aryl methyl sites for hydroxylation is 2. The number of methoxy groups -OCH3 is 1. The Balaban J connectivity index is 1.31. The fraction of sp³-hybridized carbons (Fsp3) is 0.355. The third-order valence-corrected chi connectivity index (χ3v) is 7.43. The summed E-state index contributed by atoms with van der Waals surface area (Å²) in [7, 11) is 1.69. The molecule has 0 unspecified atom stereocenters. The molecule has 0 aliphatic rings. The number of aromatic nitrogens is 1. The summed E-state index contributed by atoms with van der Waals surface area (Å²) in [4.78, 5) is 1.33. The molecule has 4 nitrogen and oxygen atoms in total. The number of benzene rings is 3. The molecule has 0 atom stereocenters. The molecule has 0 aliphatic heterocycles. The zero-order valence-electron chi connectivity index (χ0n) is 21.5. The largest absolute Gasteiger partial charge is 0.497 e. The van der Waals surface area contributed by atoms with E-state index in [0.29, 0.717) is 13.2 Å². The summed E-state index contributed by atoms with van der Waals surface area (Å²) in [6, 6.07) is 23.6. The van der Waals surface area contributed by atoms with Crippen molar-refractivity contribution in [2.45, 2.75) is 50.0 Å². The van der Waals surface area contributed by atoms with Gasteiger partial charge in [0.25, 0.3) is 0 Å². The van der Waals surface area contributed by atoms with Gasteiger partial charge in [-0.2, -0.15) is 0 Å². The van der Waals surface area contributed by atoms with Crippen molar-refractivity contribution in [1.29, 1.82) is 0 Å². The van der Waals surface area contributed by atoms with Crippen LogP contribution in [-0.4, -0.2) is 31.1 Å². The Morgan fingerprint density at radius 3 is 2.25 bits per heavy atom. The zero-order chi connectivity index (χ0) is 25.2. The van der Waals surface area contributed by atoms with Gasteiger partial charge in [-0.1, -0.05) is 30.7 Å². The van der Waals surface area contributed by atoms with E-state index in [1.54, 1.807) is 18.9 Å². The van der Waals surface area contributed by atoms with Crippen LogP contribution in [0.25, 0.3) is 10.9 Å². The predicted octanol–water partition coefficient (Wildman–Crippen LogP) is 6.91. The van der Waals surface area contributed by atoms with E-state index in [1.807, 2.05) is 12.1 Å². The molecule has 0 radical (unpaired) electrons. The molecule has 1 aromatic heterocycles. The fourth-order valence-electron chi connectivity index (χ4n) is 4.64. The van der Waals surface area contributed by atoms with Crippen molar-refractivity contribution in [1.82, 2.24) is 4.57 Å². The molecule has 0 spiro atoms. The maximum atomic E-state index is 6.11. The van der Waals surface area contributed by atoms with Crippen molar-refractivity contribution in [3.8, 4) is 11.5 Å². The Morgan fingerprint density at radius 1 is 0.806 bits per heavy atom. The normalized spacial score (nSPS) is 11.2. The number of rotatable bonds is 14. The van der Waals surface area contributed by atoms with Gasteiger partial charge in [0.15, 0.2) is 0 Å². The van der Waals surface area contributed by atoms with E-state index in [2.05, 4.69) is 71.6 Å². The lowest BCUT2D eigenvalue weighted by Gasteiger charge is -2.09. The number of nitrogens with zero attached hydrogens (tertiary/aromatic N) is 1. The molecule has 0 saturated carbocycles. The summed E-state index contributed by atoms with van der Waals surface area (Å²) in [5.74, 6) is 1.79. The van der Waals surface area contributed by atoms with Crippen molar-refractivity contribution < 1.29 is 9.47 Å². The quantitative estimate of drug-likeness (QED) is 0.150. The van der Waals surface area contributed by atoms with Crippen LogP contribution in [0.1, 0.15) is 36.0 Å². The average molecular weight is 503 g/mol. The molecule has 0 fully saturated rings. The molecule has 4 aromatic rings. The standard InChI is InChI=1S/C31H38N2O2S/c1-34-27-11-7-25(8-12-27)18-21-35-28-13-16-31-30(22-28)26(17-19-32)23-33(31)20-5-3-4-6-24-9-14-29(36-2)15-10-24/h7-16,22-23H,3-6,17-21,32H2,1-2H3. The van der Waals surface area contributed by atoms with Crippen LogP contribution in [0.3, 0.4) is 0 Å². The van der Waals surface area contributed by atoms with Gasteiger partial charge < -0.3 is 19.8 Å². The summed E-state index contributed by atoms with van der Waals surface area (Å²) in [5, 5.41) is 1.26. The van der Waals surface area contributed by atoms with E-state index in [-0.39, 0.29) is 0 Å². The third kappa shape index (κ3) is 7.08. The highest BCUT2D eigenvalue weighted by atomic mass is 32.2. The Kier molecular flexibility index (Phi) is 9.76. The van der Waals surface area contributed by atoms with E-state index < -0.39 is 0 Å². The van der Waals surface area contributed by atoms with Crippen molar-refractivity contribution in [2.75, 3.05) is 26.5 Å². The third-order valence-electron chi connectivity index (χ3n) is 6.69. The van der Waals surface area contributed by atoms with Crippen LogP contribution in [0.2, 0.25) is 0 Å². The first-order chi connectivity index (χ1) is 17.7. The number of thioether (sulfide) groups is 1. The molecule has 1 heterocycles. The first kappa shape index (κ1) is 26.2. The lowest BCUT2D eigenvalue weighted by Crippen LogP contribution is -2.02. The molecular formula is C31H38N2O2S. The summed E-state index contributed by atoms with van der Waals surface area (Å²) >= 11 is 1.80. The number of hydrogen-bond donors (Lipinski definition) is 1. The van der Waals surface area contributed by atoms with Crippen molar-refractivity contribution in [2.24, 2.45) is 5.73 Å². The van der Waals surface area contributed by atoms with Crippen LogP contribution in [0.5, 0.6) is 11.5 Å². The topological polar surface area (TPSA) is 49.4 Å². The minimum Gasteiger partial charge on any atom is -0.497 e. The van der Waals surface area contributed by atoms with Gasteiger partial charge in [0.2, 0.25) is 0 Å². The molecule has 36 heavy (non-hydrogen) atoms. The summed E-state index contributed by atoms with van der Waals surface area (Å²) < 4.78 is 13.7. The van der Waals surface area contributed by atoms with Gasteiger partial charge in [-0.3, -0.25) is 0 Å². The van der Waals surface area contributed by atoms with Gasteiger partial charge in [0, 0.05) is 35.0 Å². The Bertz CT molecular complexity index is 1220. The van der Waals surface area contributed by atoms with Crippen LogP contribution in [-0.2, 0) is 25.8 Å². The first-order valence-electron chi connectivity index (χ1n) is 12.9. The molecule has 190 valence electrons. The molecule has 4 rings (SSSR count). The van der Waals surface area contributed by atoms with Crippen molar-refractivity contribution in [3.05, 3.63) is 89.6 Å². The SMILES string of the molecule is COc1ccc(CCOc2ccc3c(c2)c(CCN)cn3CCCCCc2ccc(SC)cc2)cc1. The number of unbranched alkanes of at least 4 members (excludes halogenated alkanes) is 2. The van der Waals surface area contributed by atoms with Crippen LogP contribution < -0.4 is 15.2 Å². The first-order valence-corrected chi connectivity index (χ1v) is 14.1. The van der Waals surface area contributed by atoms with Gasteiger partial charge in [0.1, 0.15) is 11.5 Å². The molecule has 0 amide bonds. The second-order valence-electron chi connectivity index (χ2n) is 9.17. The van der Waals surface area contributed by atoms with Gasteiger partial charge in [0.05, 0.1) is 13.7 Å². The summed E-state index contributed by atoms with van der Waals surface area (Å²) in [5.41, 5.74) is 11.2. The maximum Gasteiger partial charge on any atom is 0.120 e. The van der Waals surface area contributed by atoms with E-state index in [4.69, 9.17) is 15.2 Å². The monoisotopic (exact) mass is 502 g/mol. The van der Waals surface area contributed by atoms with Crippen LogP contribution in [0.15, 0.2) is 77.8 Å². The van der Waals surface area contributed by atoms with Crippen molar-refractivity contribution >= 4 is 22.7 Å². The highest BCUT2D eigenvalue weighted by molar-refractivity contribution is 7.98. The molecule has 5 heteroatoms. The smallest absolute Gasteiger partial charge is 0.120 e.